The van der Waals surface area contributed by atoms with Crippen LogP contribution in [0.5, 0.6) is 0 Å². The summed E-state index contributed by atoms with van der Waals surface area (Å²) in [6.07, 6.45) is 5.34. The van der Waals surface area contributed by atoms with Crippen molar-refractivity contribution in [1.82, 2.24) is 0 Å². The van der Waals surface area contributed by atoms with Crippen LogP contribution in [-0.4, -0.2) is 23.6 Å². The summed E-state index contributed by atoms with van der Waals surface area (Å²) in [4.78, 5) is 24.9. The van der Waals surface area contributed by atoms with Crippen LogP contribution in [0.25, 0.3) is 0 Å². The van der Waals surface area contributed by atoms with Crippen molar-refractivity contribution in [2.75, 3.05) is 0 Å². The Kier molecular flexibility index (Phi) is 4.72. The van der Waals surface area contributed by atoms with E-state index in [9.17, 15) is 9.18 Å². The number of hydrogen-bond donors (Lipinski definition) is 0. The molecule has 0 radical (unpaired) electrons. The van der Waals surface area contributed by atoms with Gasteiger partial charge in [-0.25, -0.2) is 14.2 Å². The van der Waals surface area contributed by atoms with E-state index >= 15 is 0 Å². The van der Waals surface area contributed by atoms with Crippen molar-refractivity contribution >= 4 is 5.97 Å². The molecule has 6 heteroatoms. The quantitative estimate of drug-likeness (QED) is 0.545. The number of halogens is 1. The van der Waals surface area contributed by atoms with Crippen molar-refractivity contribution in [2.45, 2.75) is 76.5 Å². The monoisotopic (exact) mass is 404 g/mol. The summed E-state index contributed by atoms with van der Waals surface area (Å²) in [5, 5.41) is 0. The molecule has 1 spiro atoms. The molecule has 7 atom stereocenters. The average molecular weight is 404 g/mol. The zero-order valence-electron chi connectivity index (χ0n) is 17.1. The molecule has 1 aromatic rings. The maximum atomic E-state index is 13.1. The average Bonchev–Trinajstić information content (AvgIpc) is 2.92. The molecule has 158 valence electrons. The van der Waals surface area contributed by atoms with Crippen LogP contribution in [0.3, 0.4) is 0 Å². The van der Waals surface area contributed by atoms with Crippen LogP contribution >= 0.6 is 0 Å². The van der Waals surface area contributed by atoms with Gasteiger partial charge in [0.2, 0.25) is 12.1 Å². The van der Waals surface area contributed by atoms with Crippen molar-refractivity contribution in [2.24, 2.45) is 23.7 Å². The van der Waals surface area contributed by atoms with Gasteiger partial charge in [0.25, 0.3) is 0 Å². The molecule has 4 heterocycles. The molecule has 1 saturated carbocycles. The molecule has 1 aliphatic carbocycles. The molecule has 5 nitrogen and oxygen atoms in total. The highest BCUT2D eigenvalue weighted by atomic mass is 19.1. The van der Waals surface area contributed by atoms with Crippen LogP contribution in [0, 0.1) is 29.5 Å². The number of fused-ring (bicyclic) bond motifs is 2. The topological polar surface area (TPSA) is 54.0 Å². The standard InChI is InChI=1S/C23H29FO5/c1-14-6-11-19-17(5-3-4-15-7-9-16(24)10-8-15)20(25)26-21-23(19)18(14)12-13-22(2,27-21)28-29-23/h7-10,14,17-19,21H,3-6,11-13H2,1-2H3/t14-,17-,18+,19+,21-,22-,23-/m1/s1. The molecular formula is C23H29FO5. The lowest BCUT2D eigenvalue weighted by Crippen LogP contribution is -2.70. The van der Waals surface area contributed by atoms with Gasteiger partial charge in [0.15, 0.2) is 5.60 Å². The van der Waals surface area contributed by atoms with Crippen LogP contribution in [-0.2, 0) is 30.5 Å². The molecule has 0 aromatic heterocycles. The van der Waals surface area contributed by atoms with E-state index in [1.165, 1.54) is 12.1 Å². The molecule has 0 unspecified atom stereocenters. The molecule has 29 heavy (non-hydrogen) atoms. The van der Waals surface area contributed by atoms with Gasteiger partial charge in [-0.1, -0.05) is 19.1 Å². The molecule has 6 rings (SSSR count). The molecule has 0 N–H and O–H groups in total. The first-order valence-corrected chi connectivity index (χ1v) is 10.9. The van der Waals surface area contributed by atoms with Crippen molar-refractivity contribution < 1.29 is 28.4 Å². The summed E-state index contributed by atoms with van der Waals surface area (Å²) in [5.41, 5.74) is 0.370. The van der Waals surface area contributed by atoms with Crippen LogP contribution in [0.2, 0.25) is 0 Å². The predicted molar refractivity (Wildman–Crippen MR) is 102 cm³/mol. The first kappa shape index (κ1) is 19.5. The van der Waals surface area contributed by atoms with Crippen LogP contribution in [0.15, 0.2) is 24.3 Å². The van der Waals surface area contributed by atoms with Crippen LogP contribution in [0.1, 0.15) is 57.9 Å². The van der Waals surface area contributed by atoms with E-state index in [1.807, 2.05) is 6.92 Å². The Labute approximate surface area is 170 Å². The summed E-state index contributed by atoms with van der Waals surface area (Å²) in [6, 6.07) is 6.57. The maximum absolute atomic E-state index is 13.1. The minimum atomic E-state index is -0.854. The Morgan fingerprint density at radius 1 is 1.10 bits per heavy atom. The molecule has 2 bridgehead atoms. The van der Waals surface area contributed by atoms with Crippen molar-refractivity contribution in [3.8, 4) is 0 Å². The summed E-state index contributed by atoms with van der Waals surface area (Å²) in [7, 11) is 0. The first-order chi connectivity index (χ1) is 13.9. The predicted octanol–water partition coefficient (Wildman–Crippen LogP) is 4.54. The van der Waals surface area contributed by atoms with Gasteiger partial charge in [-0.2, -0.15) is 0 Å². The number of benzene rings is 1. The van der Waals surface area contributed by atoms with E-state index in [2.05, 4.69) is 6.92 Å². The Hall–Kier alpha value is -1.50. The first-order valence-electron chi connectivity index (χ1n) is 10.9. The Morgan fingerprint density at radius 3 is 2.69 bits per heavy atom. The smallest absolute Gasteiger partial charge is 0.311 e. The third-order valence-corrected chi connectivity index (χ3v) is 7.68. The van der Waals surface area contributed by atoms with Gasteiger partial charge in [0, 0.05) is 18.3 Å². The van der Waals surface area contributed by atoms with Crippen molar-refractivity contribution in [1.29, 1.82) is 0 Å². The Bertz CT molecular complexity index is 782. The van der Waals surface area contributed by atoms with Gasteiger partial charge in [0.05, 0.1) is 5.92 Å². The van der Waals surface area contributed by atoms with Crippen LogP contribution < -0.4 is 0 Å². The Balaban J connectivity index is 1.37. The number of ether oxygens (including phenoxy) is 2. The number of aryl methyl sites for hydroxylation is 1. The molecule has 0 amide bonds. The minimum Gasteiger partial charge on any atom is -0.432 e. The molecule has 4 aliphatic heterocycles. The summed E-state index contributed by atoms with van der Waals surface area (Å²) < 4.78 is 25.1. The van der Waals surface area contributed by atoms with Gasteiger partial charge < -0.3 is 9.47 Å². The highest BCUT2D eigenvalue weighted by molar-refractivity contribution is 5.74. The number of carbonyl (C=O) groups excluding carboxylic acids is 1. The zero-order chi connectivity index (χ0) is 20.2. The number of hydrogen-bond acceptors (Lipinski definition) is 5. The summed E-state index contributed by atoms with van der Waals surface area (Å²) in [5.74, 6) is -0.735. The van der Waals surface area contributed by atoms with Crippen molar-refractivity contribution in [3.05, 3.63) is 35.6 Å². The number of esters is 1. The van der Waals surface area contributed by atoms with Crippen molar-refractivity contribution in [3.63, 3.8) is 0 Å². The fourth-order valence-electron chi connectivity index (χ4n) is 6.11. The highest BCUT2D eigenvalue weighted by Gasteiger charge is 2.70. The normalized spacial score (nSPS) is 43.4. The minimum absolute atomic E-state index is 0.0332. The van der Waals surface area contributed by atoms with E-state index < -0.39 is 17.7 Å². The van der Waals surface area contributed by atoms with Gasteiger partial charge in [-0.15, -0.1) is 0 Å². The Morgan fingerprint density at radius 2 is 1.90 bits per heavy atom. The molecule has 5 fully saturated rings. The van der Waals surface area contributed by atoms with E-state index in [0.717, 1.165) is 50.5 Å². The fraction of sp³-hybridized carbons (Fsp3) is 0.696. The van der Waals surface area contributed by atoms with E-state index in [0.29, 0.717) is 5.92 Å². The maximum Gasteiger partial charge on any atom is 0.311 e. The van der Waals surface area contributed by atoms with Gasteiger partial charge in [0.1, 0.15) is 5.82 Å². The molecule has 5 aliphatic rings. The van der Waals surface area contributed by atoms with E-state index in [-0.39, 0.29) is 29.5 Å². The summed E-state index contributed by atoms with van der Waals surface area (Å²) >= 11 is 0. The van der Waals surface area contributed by atoms with Crippen LogP contribution in [0.4, 0.5) is 4.39 Å². The third-order valence-electron chi connectivity index (χ3n) is 7.68. The van der Waals surface area contributed by atoms with E-state index in [1.54, 1.807) is 12.1 Å². The van der Waals surface area contributed by atoms with Gasteiger partial charge in [-0.05, 0) is 69.1 Å². The number of carbonyl (C=O) groups is 1. The SMILES string of the molecule is C[C@@H]1CC[C@H]2[C@@H](CCCc3ccc(F)cc3)C(=O)O[C@@H]3O[C@@]4(C)CC[C@@H]1[C@]32OO4. The molecular weight excluding hydrogens is 375 g/mol. The number of rotatable bonds is 4. The van der Waals surface area contributed by atoms with Gasteiger partial charge in [-0.3, -0.25) is 4.79 Å². The van der Waals surface area contributed by atoms with Gasteiger partial charge >= 0.3 is 5.97 Å². The summed E-state index contributed by atoms with van der Waals surface area (Å²) in [6.45, 7) is 4.12. The zero-order valence-corrected chi connectivity index (χ0v) is 17.1. The molecule has 1 aromatic carbocycles. The lowest BCUT2D eigenvalue weighted by Gasteiger charge is -2.58. The highest BCUT2D eigenvalue weighted by Crippen LogP contribution is 2.60. The lowest BCUT2D eigenvalue weighted by atomic mass is 9.57. The third kappa shape index (κ3) is 3.11. The van der Waals surface area contributed by atoms with E-state index in [4.69, 9.17) is 19.2 Å². The lowest BCUT2D eigenvalue weighted by molar-refractivity contribution is -0.559. The second kappa shape index (κ2) is 7.03. The second-order valence-corrected chi connectivity index (χ2v) is 9.47. The fourth-order valence-corrected chi connectivity index (χ4v) is 6.11. The molecule has 4 saturated heterocycles. The largest absolute Gasteiger partial charge is 0.432 e. The second-order valence-electron chi connectivity index (χ2n) is 9.47.